The molecule has 0 saturated heterocycles. The Morgan fingerprint density at radius 3 is 2.73 bits per heavy atom. The second-order valence-electron chi connectivity index (χ2n) is 5.88. The van der Waals surface area contributed by atoms with Crippen LogP contribution in [0.5, 0.6) is 5.75 Å². The first-order chi connectivity index (χ1) is 12.5. The van der Waals surface area contributed by atoms with E-state index in [1.165, 1.54) is 23.5 Å². The molecule has 5 nitrogen and oxygen atoms in total. The maximum atomic E-state index is 13.5. The van der Waals surface area contributed by atoms with E-state index < -0.39 is 15.8 Å². The van der Waals surface area contributed by atoms with E-state index in [0.29, 0.717) is 0 Å². The normalized spacial score (nSPS) is 11.8. The highest BCUT2D eigenvalue weighted by Crippen LogP contribution is 2.17. The molecule has 2 aromatic carbocycles. The average molecular weight is 374 g/mol. The van der Waals surface area contributed by atoms with Gasteiger partial charge in [-0.2, -0.15) is 0 Å². The van der Waals surface area contributed by atoms with Crippen LogP contribution in [0.1, 0.15) is 5.56 Å². The summed E-state index contributed by atoms with van der Waals surface area (Å²) in [6.07, 6.45) is 1.72. The van der Waals surface area contributed by atoms with Crippen LogP contribution in [-0.4, -0.2) is 37.1 Å². The lowest BCUT2D eigenvalue weighted by molar-refractivity contribution is 0.319. The molecule has 26 heavy (non-hydrogen) atoms. The highest BCUT2D eigenvalue weighted by molar-refractivity contribution is 7.89. The predicted octanol–water partition coefficient (Wildman–Crippen LogP) is 3.21. The second-order valence-corrected chi connectivity index (χ2v) is 8.08. The predicted molar refractivity (Wildman–Crippen MR) is 98.9 cm³/mol. The SMILES string of the molecule is CN(Cc1ccc2ncccc2c1)S(=O)(=O)CCOc1ccccc1F. The molecule has 0 spiro atoms. The first-order valence-electron chi connectivity index (χ1n) is 8.11. The third-order valence-corrected chi connectivity index (χ3v) is 5.74. The topological polar surface area (TPSA) is 59.5 Å². The summed E-state index contributed by atoms with van der Waals surface area (Å²) in [7, 11) is -2.00. The molecule has 3 rings (SSSR count). The van der Waals surface area contributed by atoms with Crippen LogP contribution in [0, 0.1) is 5.82 Å². The van der Waals surface area contributed by atoms with Gasteiger partial charge in [-0.25, -0.2) is 17.1 Å². The lowest BCUT2D eigenvalue weighted by Crippen LogP contribution is -2.31. The molecular formula is C19H19FN2O3S. The van der Waals surface area contributed by atoms with Crippen molar-refractivity contribution in [2.24, 2.45) is 0 Å². The van der Waals surface area contributed by atoms with Crippen LogP contribution in [0.3, 0.4) is 0 Å². The molecule has 0 amide bonds. The number of para-hydroxylation sites is 1. The quantitative estimate of drug-likeness (QED) is 0.637. The number of fused-ring (bicyclic) bond motifs is 1. The van der Waals surface area contributed by atoms with Crippen LogP contribution < -0.4 is 4.74 Å². The number of halogens is 1. The Morgan fingerprint density at radius 1 is 1.12 bits per heavy atom. The summed E-state index contributed by atoms with van der Waals surface area (Å²) in [6, 6.07) is 15.3. The molecule has 0 unspecified atom stereocenters. The molecule has 7 heteroatoms. The minimum absolute atomic E-state index is 0.0485. The Kier molecular flexibility index (Phi) is 5.49. The van der Waals surface area contributed by atoms with Crippen LogP contribution in [0.25, 0.3) is 10.9 Å². The van der Waals surface area contributed by atoms with Gasteiger partial charge in [-0.15, -0.1) is 0 Å². The van der Waals surface area contributed by atoms with Gasteiger partial charge in [0, 0.05) is 25.2 Å². The summed E-state index contributed by atoms with van der Waals surface area (Å²) in [4.78, 5) is 4.25. The van der Waals surface area contributed by atoms with Gasteiger partial charge >= 0.3 is 0 Å². The Labute approximate surface area is 152 Å². The molecule has 1 heterocycles. The fourth-order valence-corrected chi connectivity index (χ4v) is 3.50. The van der Waals surface area contributed by atoms with Crippen LogP contribution in [0.2, 0.25) is 0 Å². The highest BCUT2D eigenvalue weighted by atomic mass is 32.2. The standard InChI is InChI=1S/C19H19FN2O3S/c1-22(14-15-8-9-18-16(13-15)5-4-10-21-18)26(23,24)12-11-25-19-7-3-2-6-17(19)20/h2-10,13H,11-12,14H2,1H3. The number of benzene rings is 2. The molecule has 0 radical (unpaired) electrons. The Balaban J connectivity index is 1.61. The molecule has 0 atom stereocenters. The van der Waals surface area contributed by atoms with Crippen molar-refractivity contribution in [1.29, 1.82) is 0 Å². The highest BCUT2D eigenvalue weighted by Gasteiger charge is 2.18. The van der Waals surface area contributed by atoms with Crippen molar-refractivity contribution in [2.45, 2.75) is 6.54 Å². The third-order valence-electron chi connectivity index (χ3n) is 3.98. The van der Waals surface area contributed by atoms with E-state index in [-0.39, 0.29) is 24.7 Å². The molecule has 0 bridgehead atoms. The Hall–Kier alpha value is -2.51. The number of sulfonamides is 1. The number of nitrogens with zero attached hydrogens (tertiary/aromatic N) is 2. The number of ether oxygens (including phenoxy) is 1. The minimum Gasteiger partial charge on any atom is -0.489 e. The smallest absolute Gasteiger partial charge is 0.217 e. The summed E-state index contributed by atoms with van der Waals surface area (Å²) in [5.41, 5.74) is 1.73. The van der Waals surface area contributed by atoms with Crippen LogP contribution in [-0.2, 0) is 16.6 Å². The zero-order valence-electron chi connectivity index (χ0n) is 14.3. The monoisotopic (exact) mass is 374 g/mol. The second kappa shape index (κ2) is 7.80. The van der Waals surface area contributed by atoms with Gasteiger partial charge in [0.05, 0.1) is 11.3 Å². The molecule has 1 aromatic heterocycles. The molecule has 0 aliphatic heterocycles. The van der Waals surface area contributed by atoms with E-state index >= 15 is 0 Å². The largest absolute Gasteiger partial charge is 0.489 e. The third kappa shape index (κ3) is 4.36. The summed E-state index contributed by atoms with van der Waals surface area (Å²) in [5, 5.41) is 0.957. The fourth-order valence-electron chi connectivity index (χ4n) is 2.55. The summed E-state index contributed by atoms with van der Waals surface area (Å²) in [6.45, 7) is 0.127. The van der Waals surface area contributed by atoms with E-state index in [9.17, 15) is 12.8 Å². The minimum atomic E-state index is -3.52. The van der Waals surface area contributed by atoms with Crippen molar-refractivity contribution < 1.29 is 17.5 Å². The van der Waals surface area contributed by atoms with Gasteiger partial charge < -0.3 is 4.74 Å². The summed E-state index contributed by atoms with van der Waals surface area (Å²) < 4.78 is 44.8. The number of hydrogen-bond donors (Lipinski definition) is 0. The Bertz CT molecular complexity index is 1010. The van der Waals surface area contributed by atoms with Gasteiger partial charge in [0.25, 0.3) is 0 Å². The molecule has 0 fully saturated rings. The van der Waals surface area contributed by atoms with Gasteiger partial charge in [0.1, 0.15) is 6.61 Å². The molecule has 0 aliphatic carbocycles. The van der Waals surface area contributed by atoms with Gasteiger partial charge in [0.15, 0.2) is 11.6 Å². The zero-order valence-corrected chi connectivity index (χ0v) is 15.1. The van der Waals surface area contributed by atoms with E-state index in [0.717, 1.165) is 16.5 Å². The van der Waals surface area contributed by atoms with Crippen molar-refractivity contribution >= 4 is 20.9 Å². The van der Waals surface area contributed by atoms with E-state index in [1.807, 2.05) is 30.3 Å². The van der Waals surface area contributed by atoms with Crippen molar-refractivity contribution in [1.82, 2.24) is 9.29 Å². The van der Waals surface area contributed by atoms with Gasteiger partial charge in [-0.3, -0.25) is 4.98 Å². The number of pyridine rings is 1. The lowest BCUT2D eigenvalue weighted by Gasteiger charge is -2.18. The van der Waals surface area contributed by atoms with Crippen molar-refractivity contribution in [2.75, 3.05) is 19.4 Å². The maximum Gasteiger partial charge on any atom is 0.217 e. The number of aromatic nitrogens is 1. The molecule has 0 N–H and O–H groups in total. The maximum absolute atomic E-state index is 13.5. The van der Waals surface area contributed by atoms with Crippen molar-refractivity contribution in [3.63, 3.8) is 0 Å². The van der Waals surface area contributed by atoms with Crippen LogP contribution in [0.15, 0.2) is 60.8 Å². The summed E-state index contributed by atoms with van der Waals surface area (Å²) >= 11 is 0. The van der Waals surface area contributed by atoms with Gasteiger partial charge in [-0.05, 0) is 35.9 Å². The fraction of sp³-hybridized carbons (Fsp3) is 0.211. The van der Waals surface area contributed by atoms with E-state index in [4.69, 9.17) is 4.74 Å². The number of rotatable bonds is 7. The first kappa shape index (κ1) is 18.3. The molecule has 0 saturated carbocycles. The van der Waals surface area contributed by atoms with Crippen molar-refractivity contribution in [3.8, 4) is 5.75 Å². The first-order valence-corrected chi connectivity index (χ1v) is 9.72. The van der Waals surface area contributed by atoms with Gasteiger partial charge in [0.2, 0.25) is 10.0 Å². The molecule has 3 aromatic rings. The summed E-state index contributed by atoms with van der Waals surface area (Å²) in [5.74, 6) is -0.692. The zero-order chi connectivity index (χ0) is 18.6. The molecule has 136 valence electrons. The lowest BCUT2D eigenvalue weighted by atomic mass is 10.1. The average Bonchev–Trinajstić information content (AvgIpc) is 2.63. The number of hydrogen-bond acceptors (Lipinski definition) is 4. The van der Waals surface area contributed by atoms with Gasteiger partial charge in [-0.1, -0.05) is 24.3 Å². The van der Waals surface area contributed by atoms with Crippen LogP contribution >= 0.6 is 0 Å². The van der Waals surface area contributed by atoms with E-state index in [1.54, 1.807) is 18.3 Å². The van der Waals surface area contributed by atoms with Crippen molar-refractivity contribution in [3.05, 3.63) is 72.2 Å². The molecule has 0 aliphatic rings. The molecular weight excluding hydrogens is 355 g/mol. The van der Waals surface area contributed by atoms with E-state index in [2.05, 4.69) is 4.98 Å². The Morgan fingerprint density at radius 2 is 1.92 bits per heavy atom. The van der Waals surface area contributed by atoms with Crippen LogP contribution in [0.4, 0.5) is 4.39 Å².